The fraction of sp³-hybridized carbons (Fsp3) is 0.533. The lowest BCUT2D eigenvalue weighted by Crippen LogP contribution is -2.11. The number of aryl methyl sites for hydroxylation is 2. The molecule has 0 aliphatic rings. The van der Waals surface area contributed by atoms with E-state index in [0.717, 1.165) is 23.3 Å². The summed E-state index contributed by atoms with van der Waals surface area (Å²) in [5.74, 6) is 1.34. The summed E-state index contributed by atoms with van der Waals surface area (Å²) in [5, 5.41) is 9.17. The van der Waals surface area contributed by atoms with Crippen LogP contribution in [0.1, 0.15) is 30.5 Å². The molecule has 1 atom stereocenters. The number of nitriles is 1. The molecule has 92 valence electrons. The summed E-state index contributed by atoms with van der Waals surface area (Å²) in [5.41, 5.74) is 3.51. The van der Waals surface area contributed by atoms with E-state index in [1.54, 1.807) is 7.11 Å². The number of hydrogen-bond donors (Lipinski definition) is 0. The molecule has 2 heteroatoms. The lowest BCUT2D eigenvalue weighted by atomic mass is 9.89. The van der Waals surface area contributed by atoms with Crippen molar-refractivity contribution in [1.29, 1.82) is 5.26 Å². The van der Waals surface area contributed by atoms with Gasteiger partial charge in [0, 0.05) is 0 Å². The maximum Gasteiger partial charge on any atom is 0.125 e. The van der Waals surface area contributed by atoms with Gasteiger partial charge in [-0.3, -0.25) is 0 Å². The zero-order chi connectivity index (χ0) is 13.0. The summed E-state index contributed by atoms with van der Waals surface area (Å²) in [6.07, 6.45) is 0.764. The first-order chi connectivity index (χ1) is 7.99. The van der Waals surface area contributed by atoms with Crippen molar-refractivity contribution in [3.05, 3.63) is 28.8 Å². The molecule has 0 spiro atoms. The van der Waals surface area contributed by atoms with Gasteiger partial charge in [-0.05, 0) is 37.3 Å². The Kier molecular flexibility index (Phi) is 4.57. The normalized spacial score (nSPS) is 12.3. The molecule has 0 saturated heterocycles. The number of rotatable bonds is 4. The first kappa shape index (κ1) is 13.6. The molecule has 0 heterocycles. The van der Waals surface area contributed by atoms with Gasteiger partial charge in [0.15, 0.2) is 0 Å². The summed E-state index contributed by atoms with van der Waals surface area (Å²) >= 11 is 0. The second-order valence-electron chi connectivity index (χ2n) is 4.96. The topological polar surface area (TPSA) is 33.0 Å². The molecule has 0 aliphatic carbocycles. The number of benzene rings is 1. The second-order valence-corrected chi connectivity index (χ2v) is 4.96. The van der Waals surface area contributed by atoms with Gasteiger partial charge >= 0.3 is 0 Å². The molecule has 0 amide bonds. The lowest BCUT2D eigenvalue weighted by molar-refractivity contribution is 0.398. The molecule has 0 bridgehead atoms. The van der Waals surface area contributed by atoms with E-state index in [9.17, 15) is 0 Å². The Hall–Kier alpha value is -1.49. The van der Waals surface area contributed by atoms with Gasteiger partial charge in [0.25, 0.3) is 0 Å². The van der Waals surface area contributed by atoms with Crippen LogP contribution in [0.5, 0.6) is 5.75 Å². The minimum atomic E-state index is 0.0464. The van der Waals surface area contributed by atoms with Crippen molar-refractivity contribution in [1.82, 2.24) is 0 Å². The zero-order valence-electron chi connectivity index (χ0n) is 11.4. The summed E-state index contributed by atoms with van der Waals surface area (Å²) < 4.78 is 5.45. The summed E-state index contributed by atoms with van der Waals surface area (Å²) in [6.45, 7) is 8.30. The fourth-order valence-corrected chi connectivity index (χ4v) is 2.15. The Balaban J connectivity index is 3.09. The van der Waals surface area contributed by atoms with E-state index in [0.29, 0.717) is 5.92 Å². The van der Waals surface area contributed by atoms with Gasteiger partial charge in [0.05, 0.1) is 19.1 Å². The van der Waals surface area contributed by atoms with Crippen LogP contribution in [-0.4, -0.2) is 7.11 Å². The molecule has 1 aromatic rings. The van der Waals surface area contributed by atoms with Crippen molar-refractivity contribution < 1.29 is 4.74 Å². The third kappa shape index (κ3) is 3.23. The number of ether oxygens (including phenoxy) is 1. The Bertz CT molecular complexity index is 429. The van der Waals surface area contributed by atoms with E-state index < -0.39 is 0 Å². The van der Waals surface area contributed by atoms with Crippen LogP contribution in [-0.2, 0) is 6.42 Å². The summed E-state index contributed by atoms with van der Waals surface area (Å²) in [7, 11) is 1.69. The van der Waals surface area contributed by atoms with Crippen molar-refractivity contribution in [2.45, 2.75) is 34.1 Å². The predicted molar refractivity (Wildman–Crippen MR) is 70.1 cm³/mol. The van der Waals surface area contributed by atoms with Crippen molar-refractivity contribution in [3.8, 4) is 11.8 Å². The van der Waals surface area contributed by atoms with Crippen molar-refractivity contribution in [2.75, 3.05) is 7.11 Å². The third-order valence-electron chi connectivity index (χ3n) is 3.11. The van der Waals surface area contributed by atoms with Crippen LogP contribution in [0.15, 0.2) is 12.1 Å². The van der Waals surface area contributed by atoms with Crippen molar-refractivity contribution in [2.24, 2.45) is 11.8 Å². The molecule has 0 N–H and O–H groups in total. The van der Waals surface area contributed by atoms with Gasteiger partial charge < -0.3 is 4.74 Å². The van der Waals surface area contributed by atoms with E-state index in [1.165, 1.54) is 5.56 Å². The van der Waals surface area contributed by atoms with E-state index in [-0.39, 0.29) is 5.92 Å². The Labute approximate surface area is 104 Å². The van der Waals surface area contributed by atoms with Gasteiger partial charge in [-0.25, -0.2) is 0 Å². The smallest absolute Gasteiger partial charge is 0.125 e. The second kappa shape index (κ2) is 5.72. The monoisotopic (exact) mass is 231 g/mol. The highest BCUT2D eigenvalue weighted by Gasteiger charge is 2.17. The number of hydrogen-bond acceptors (Lipinski definition) is 2. The summed E-state index contributed by atoms with van der Waals surface area (Å²) in [4.78, 5) is 0. The van der Waals surface area contributed by atoms with E-state index in [2.05, 4.69) is 39.0 Å². The molecule has 1 aromatic carbocycles. The number of methoxy groups -OCH3 is 1. The molecule has 0 saturated carbocycles. The van der Waals surface area contributed by atoms with E-state index in [4.69, 9.17) is 10.00 Å². The summed E-state index contributed by atoms with van der Waals surface area (Å²) in [6, 6.07) is 6.62. The standard InChI is InChI=1S/C15H21NO/c1-10(2)14(9-16)8-13-7-11(3)6-12(4)15(13)17-5/h6-7,10,14H,8H2,1-5H3. The molecule has 0 aromatic heterocycles. The van der Waals surface area contributed by atoms with Crippen molar-refractivity contribution >= 4 is 0 Å². The fourth-order valence-electron chi connectivity index (χ4n) is 2.15. The largest absolute Gasteiger partial charge is 0.496 e. The molecular weight excluding hydrogens is 210 g/mol. The first-order valence-electron chi connectivity index (χ1n) is 6.03. The molecule has 17 heavy (non-hydrogen) atoms. The van der Waals surface area contributed by atoms with E-state index >= 15 is 0 Å². The average molecular weight is 231 g/mol. The average Bonchev–Trinajstić information content (AvgIpc) is 2.24. The van der Waals surface area contributed by atoms with Crippen LogP contribution >= 0.6 is 0 Å². The maximum atomic E-state index is 9.17. The highest BCUT2D eigenvalue weighted by molar-refractivity contribution is 5.44. The zero-order valence-corrected chi connectivity index (χ0v) is 11.4. The highest BCUT2D eigenvalue weighted by Crippen LogP contribution is 2.28. The van der Waals surface area contributed by atoms with Crippen LogP contribution in [0.25, 0.3) is 0 Å². The van der Waals surface area contributed by atoms with Gasteiger partial charge in [0.1, 0.15) is 5.75 Å². The first-order valence-corrected chi connectivity index (χ1v) is 6.03. The van der Waals surface area contributed by atoms with Crippen LogP contribution in [0.3, 0.4) is 0 Å². The lowest BCUT2D eigenvalue weighted by Gasteiger charge is -2.17. The number of nitrogens with zero attached hydrogens (tertiary/aromatic N) is 1. The molecule has 1 rings (SSSR count). The Morgan fingerprint density at radius 1 is 1.29 bits per heavy atom. The highest BCUT2D eigenvalue weighted by atomic mass is 16.5. The minimum Gasteiger partial charge on any atom is -0.496 e. The Morgan fingerprint density at radius 3 is 2.41 bits per heavy atom. The van der Waals surface area contributed by atoms with E-state index in [1.807, 2.05) is 6.92 Å². The maximum absolute atomic E-state index is 9.17. The van der Waals surface area contributed by atoms with Gasteiger partial charge in [0.2, 0.25) is 0 Å². The molecular formula is C15H21NO. The molecule has 0 radical (unpaired) electrons. The van der Waals surface area contributed by atoms with Crippen LogP contribution < -0.4 is 4.74 Å². The van der Waals surface area contributed by atoms with Crippen LogP contribution in [0.2, 0.25) is 0 Å². The quantitative estimate of drug-likeness (QED) is 0.792. The molecule has 0 aliphatic heterocycles. The minimum absolute atomic E-state index is 0.0464. The van der Waals surface area contributed by atoms with Gasteiger partial charge in [-0.15, -0.1) is 0 Å². The van der Waals surface area contributed by atoms with Crippen LogP contribution in [0, 0.1) is 37.0 Å². The SMILES string of the molecule is COc1c(C)cc(C)cc1CC(C#N)C(C)C. The van der Waals surface area contributed by atoms with Crippen LogP contribution in [0.4, 0.5) is 0 Å². The molecule has 0 fully saturated rings. The van der Waals surface area contributed by atoms with Gasteiger partial charge in [-0.1, -0.05) is 31.5 Å². The Morgan fingerprint density at radius 2 is 1.94 bits per heavy atom. The van der Waals surface area contributed by atoms with Crippen molar-refractivity contribution in [3.63, 3.8) is 0 Å². The predicted octanol–water partition coefficient (Wildman–Crippen LogP) is 3.65. The van der Waals surface area contributed by atoms with Gasteiger partial charge in [-0.2, -0.15) is 5.26 Å². The molecule has 2 nitrogen and oxygen atoms in total. The third-order valence-corrected chi connectivity index (χ3v) is 3.11. The molecule has 1 unspecified atom stereocenters.